The van der Waals surface area contributed by atoms with Crippen molar-refractivity contribution < 1.29 is 9.90 Å². The second-order valence-electron chi connectivity index (χ2n) is 4.57. The van der Waals surface area contributed by atoms with E-state index in [1.54, 1.807) is 34.9 Å². The minimum Gasteiger partial charge on any atom is -0.478 e. The van der Waals surface area contributed by atoms with E-state index in [1.165, 1.54) is 6.07 Å². The monoisotopic (exact) mass is 320 g/mol. The Balaban J connectivity index is 2.39. The highest BCUT2D eigenvalue weighted by Gasteiger charge is 2.16. The van der Waals surface area contributed by atoms with Crippen molar-refractivity contribution in [1.82, 2.24) is 9.55 Å². The van der Waals surface area contributed by atoms with Gasteiger partial charge in [0.25, 0.3) is 0 Å². The average molecular weight is 321 g/mol. The van der Waals surface area contributed by atoms with Crippen molar-refractivity contribution in [3.05, 3.63) is 57.8 Å². The quantitative estimate of drug-likeness (QED) is 0.764. The molecule has 0 unspecified atom stereocenters. The molecule has 1 heterocycles. The van der Waals surface area contributed by atoms with Gasteiger partial charge >= 0.3 is 5.97 Å². The van der Waals surface area contributed by atoms with Gasteiger partial charge in [-0.25, -0.2) is 9.78 Å². The van der Waals surface area contributed by atoms with Gasteiger partial charge in [-0.15, -0.1) is 0 Å². The van der Waals surface area contributed by atoms with E-state index in [-0.39, 0.29) is 5.56 Å². The van der Waals surface area contributed by atoms with Crippen molar-refractivity contribution in [2.24, 2.45) is 0 Å². The van der Waals surface area contributed by atoms with Gasteiger partial charge in [0.15, 0.2) is 0 Å². The minimum absolute atomic E-state index is 0.187. The standard InChI is InChI=1S/C15H10Cl2N2O2/c1-8-18-12-6-5-9(15(20)21)7-13(12)19(8)14-10(16)3-2-4-11(14)17/h2-7H,1H3,(H,20,21). The van der Waals surface area contributed by atoms with E-state index in [1.807, 2.05) is 6.92 Å². The van der Waals surface area contributed by atoms with Gasteiger partial charge in [0.2, 0.25) is 0 Å². The Hall–Kier alpha value is -2.04. The number of aryl methyl sites for hydroxylation is 1. The van der Waals surface area contributed by atoms with E-state index in [4.69, 9.17) is 28.3 Å². The van der Waals surface area contributed by atoms with Crippen LogP contribution in [0.25, 0.3) is 16.7 Å². The lowest BCUT2D eigenvalue weighted by Gasteiger charge is -2.11. The number of rotatable bonds is 2. The summed E-state index contributed by atoms with van der Waals surface area (Å²) in [6, 6.07) is 9.98. The smallest absolute Gasteiger partial charge is 0.335 e. The molecule has 0 atom stereocenters. The van der Waals surface area contributed by atoms with E-state index < -0.39 is 5.97 Å². The highest BCUT2D eigenvalue weighted by Crippen LogP contribution is 2.32. The molecule has 0 radical (unpaired) electrons. The van der Waals surface area contributed by atoms with Gasteiger partial charge in [-0.2, -0.15) is 0 Å². The first-order chi connectivity index (χ1) is 9.99. The van der Waals surface area contributed by atoms with Gasteiger partial charge in [-0.3, -0.25) is 4.57 Å². The summed E-state index contributed by atoms with van der Waals surface area (Å²) in [5.41, 5.74) is 2.13. The van der Waals surface area contributed by atoms with Crippen molar-refractivity contribution in [3.8, 4) is 5.69 Å². The number of fused-ring (bicyclic) bond motifs is 1. The van der Waals surface area contributed by atoms with E-state index in [2.05, 4.69) is 4.98 Å². The second kappa shape index (κ2) is 5.06. The number of aromatic nitrogens is 2. The lowest BCUT2D eigenvalue weighted by molar-refractivity contribution is 0.0697. The van der Waals surface area contributed by atoms with Crippen molar-refractivity contribution in [2.45, 2.75) is 6.92 Å². The zero-order chi connectivity index (χ0) is 15.1. The van der Waals surface area contributed by atoms with Gasteiger partial charge in [0.05, 0.1) is 32.3 Å². The van der Waals surface area contributed by atoms with Crippen molar-refractivity contribution >= 4 is 40.2 Å². The largest absolute Gasteiger partial charge is 0.478 e. The van der Waals surface area contributed by atoms with E-state index >= 15 is 0 Å². The molecule has 0 aliphatic rings. The molecule has 0 amide bonds. The SMILES string of the molecule is Cc1nc2ccc(C(=O)O)cc2n1-c1c(Cl)cccc1Cl. The first-order valence-corrected chi connectivity index (χ1v) is 6.91. The topological polar surface area (TPSA) is 55.1 Å². The summed E-state index contributed by atoms with van der Waals surface area (Å²) >= 11 is 12.5. The lowest BCUT2D eigenvalue weighted by Crippen LogP contribution is -2.00. The normalized spacial score (nSPS) is 11.0. The molecule has 1 aromatic heterocycles. The molecule has 0 spiro atoms. The molecule has 21 heavy (non-hydrogen) atoms. The van der Waals surface area contributed by atoms with Crippen LogP contribution in [0.5, 0.6) is 0 Å². The van der Waals surface area contributed by atoms with E-state index in [9.17, 15) is 4.79 Å². The molecule has 6 heteroatoms. The zero-order valence-corrected chi connectivity index (χ0v) is 12.5. The van der Waals surface area contributed by atoms with Crippen LogP contribution in [0.2, 0.25) is 10.0 Å². The molecule has 4 nitrogen and oxygen atoms in total. The molecule has 0 saturated heterocycles. The van der Waals surface area contributed by atoms with Gasteiger partial charge in [0, 0.05) is 0 Å². The third kappa shape index (κ3) is 2.26. The number of carboxylic acids is 1. The maximum atomic E-state index is 11.2. The minimum atomic E-state index is -0.993. The Bertz CT molecular complexity index is 851. The molecule has 0 aliphatic carbocycles. The van der Waals surface area contributed by atoms with Crippen LogP contribution < -0.4 is 0 Å². The molecular formula is C15H10Cl2N2O2. The van der Waals surface area contributed by atoms with Crippen LogP contribution in [-0.2, 0) is 0 Å². The van der Waals surface area contributed by atoms with Crippen LogP contribution in [0.1, 0.15) is 16.2 Å². The number of benzene rings is 2. The molecule has 0 aliphatic heterocycles. The molecular weight excluding hydrogens is 311 g/mol. The fraction of sp³-hybridized carbons (Fsp3) is 0.0667. The van der Waals surface area contributed by atoms with E-state index in [0.29, 0.717) is 32.6 Å². The first kappa shape index (κ1) is 13.9. The Morgan fingerprint density at radius 3 is 2.48 bits per heavy atom. The fourth-order valence-electron chi connectivity index (χ4n) is 2.31. The molecule has 2 aromatic carbocycles. The predicted molar refractivity (Wildman–Crippen MR) is 82.8 cm³/mol. The molecule has 1 N–H and O–H groups in total. The van der Waals surface area contributed by atoms with Crippen molar-refractivity contribution in [3.63, 3.8) is 0 Å². The molecule has 3 rings (SSSR count). The average Bonchev–Trinajstić information content (AvgIpc) is 2.74. The summed E-state index contributed by atoms with van der Waals surface area (Å²) in [6.07, 6.45) is 0. The molecule has 0 fully saturated rings. The molecule has 3 aromatic rings. The van der Waals surface area contributed by atoms with Crippen LogP contribution in [0.15, 0.2) is 36.4 Å². The summed E-state index contributed by atoms with van der Waals surface area (Å²) in [7, 11) is 0. The van der Waals surface area contributed by atoms with Gasteiger partial charge in [0.1, 0.15) is 5.82 Å². The number of carboxylic acid groups (broad SMARTS) is 1. The third-order valence-electron chi connectivity index (χ3n) is 3.23. The van der Waals surface area contributed by atoms with Crippen LogP contribution in [0.3, 0.4) is 0 Å². The van der Waals surface area contributed by atoms with Crippen molar-refractivity contribution in [2.75, 3.05) is 0 Å². The lowest BCUT2D eigenvalue weighted by atomic mass is 10.2. The number of aromatic carboxylic acids is 1. The van der Waals surface area contributed by atoms with Crippen LogP contribution in [0, 0.1) is 6.92 Å². The number of hydrogen-bond donors (Lipinski definition) is 1. The fourth-order valence-corrected chi connectivity index (χ4v) is 2.88. The Morgan fingerprint density at radius 2 is 1.86 bits per heavy atom. The summed E-state index contributed by atoms with van der Waals surface area (Å²) in [4.78, 5) is 15.6. The Kier molecular flexibility index (Phi) is 3.35. The summed E-state index contributed by atoms with van der Waals surface area (Å²) in [5.74, 6) is -0.310. The van der Waals surface area contributed by atoms with Crippen LogP contribution >= 0.6 is 23.2 Å². The maximum absolute atomic E-state index is 11.2. The van der Waals surface area contributed by atoms with Crippen molar-refractivity contribution in [1.29, 1.82) is 0 Å². The third-order valence-corrected chi connectivity index (χ3v) is 3.84. The van der Waals surface area contributed by atoms with E-state index in [0.717, 1.165) is 0 Å². The summed E-state index contributed by atoms with van der Waals surface area (Å²) < 4.78 is 1.77. The van der Waals surface area contributed by atoms with Gasteiger partial charge in [-0.1, -0.05) is 29.3 Å². The summed E-state index contributed by atoms with van der Waals surface area (Å²) in [5, 5.41) is 10.1. The van der Waals surface area contributed by atoms with Crippen LogP contribution in [0.4, 0.5) is 0 Å². The zero-order valence-electron chi connectivity index (χ0n) is 11.0. The Labute approximate surface area is 130 Å². The highest BCUT2D eigenvalue weighted by atomic mass is 35.5. The molecule has 106 valence electrons. The maximum Gasteiger partial charge on any atom is 0.335 e. The molecule has 0 bridgehead atoms. The van der Waals surface area contributed by atoms with Gasteiger partial charge in [-0.05, 0) is 37.3 Å². The highest BCUT2D eigenvalue weighted by molar-refractivity contribution is 6.37. The predicted octanol–water partition coefficient (Wildman–Crippen LogP) is 4.34. The second-order valence-corrected chi connectivity index (χ2v) is 5.39. The van der Waals surface area contributed by atoms with Gasteiger partial charge < -0.3 is 5.11 Å². The molecule has 0 saturated carbocycles. The number of halogens is 2. The number of hydrogen-bond acceptors (Lipinski definition) is 2. The van der Waals surface area contributed by atoms with Crippen LogP contribution in [-0.4, -0.2) is 20.6 Å². The number of nitrogens with zero attached hydrogens (tertiary/aromatic N) is 2. The Morgan fingerprint density at radius 1 is 1.19 bits per heavy atom. The number of para-hydroxylation sites is 1. The summed E-state index contributed by atoms with van der Waals surface area (Å²) in [6.45, 7) is 1.82. The first-order valence-electron chi connectivity index (χ1n) is 6.16. The number of imidazole rings is 1. The number of carbonyl (C=O) groups is 1.